The summed E-state index contributed by atoms with van der Waals surface area (Å²) in [5.74, 6) is 0. The van der Waals surface area contributed by atoms with E-state index >= 15 is 0 Å². The summed E-state index contributed by atoms with van der Waals surface area (Å²) >= 11 is 0. The van der Waals surface area contributed by atoms with Gasteiger partial charge >= 0.3 is 0 Å². The summed E-state index contributed by atoms with van der Waals surface area (Å²) in [6.07, 6.45) is 5.61. The van der Waals surface area contributed by atoms with Crippen molar-refractivity contribution < 1.29 is 0 Å². The van der Waals surface area contributed by atoms with Gasteiger partial charge in [-0.25, -0.2) is 0 Å². The van der Waals surface area contributed by atoms with E-state index in [0.717, 1.165) is 10.9 Å². The first-order chi connectivity index (χ1) is 10.3. The lowest BCUT2D eigenvalue weighted by atomic mass is 9.95. The lowest BCUT2D eigenvalue weighted by Crippen LogP contribution is -1.88. The SMILES string of the molecule is Cc1ccc(-c2cccc3cnccc23)c2ncccc12. The predicted molar refractivity (Wildman–Crippen MR) is 87.2 cm³/mol. The van der Waals surface area contributed by atoms with E-state index in [1.54, 1.807) is 0 Å². The minimum atomic E-state index is 1.06. The number of nitrogens with zero attached hydrogens (tertiary/aromatic N) is 2. The third-order valence-corrected chi connectivity index (χ3v) is 3.96. The molecule has 0 amide bonds. The molecular formula is C19H14N2. The van der Waals surface area contributed by atoms with Crippen LogP contribution in [0.15, 0.2) is 67.1 Å². The fourth-order valence-corrected chi connectivity index (χ4v) is 2.89. The van der Waals surface area contributed by atoms with Crippen LogP contribution in [0.4, 0.5) is 0 Å². The van der Waals surface area contributed by atoms with E-state index in [4.69, 9.17) is 0 Å². The number of fused-ring (bicyclic) bond motifs is 2. The molecular weight excluding hydrogens is 256 g/mol. The molecule has 0 saturated carbocycles. The number of aromatic nitrogens is 2. The number of benzene rings is 2. The van der Waals surface area contributed by atoms with Crippen molar-refractivity contribution in [2.45, 2.75) is 6.92 Å². The average molecular weight is 270 g/mol. The molecule has 4 rings (SSSR count). The van der Waals surface area contributed by atoms with Crippen LogP contribution in [0.3, 0.4) is 0 Å². The van der Waals surface area contributed by atoms with Gasteiger partial charge in [0.05, 0.1) is 5.52 Å². The van der Waals surface area contributed by atoms with Crippen LogP contribution in [0.1, 0.15) is 5.56 Å². The maximum Gasteiger partial charge on any atom is 0.0783 e. The monoisotopic (exact) mass is 270 g/mol. The van der Waals surface area contributed by atoms with E-state index in [-0.39, 0.29) is 0 Å². The Labute approximate surface area is 123 Å². The van der Waals surface area contributed by atoms with Crippen LogP contribution in [-0.4, -0.2) is 9.97 Å². The van der Waals surface area contributed by atoms with Gasteiger partial charge in [-0.3, -0.25) is 9.97 Å². The van der Waals surface area contributed by atoms with Crippen LogP contribution in [0, 0.1) is 6.92 Å². The summed E-state index contributed by atoms with van der Waals surface area (Å²) in [4.78, 5) is 8.82. The summed E-state index contributed by atoms with van der Waals surface area (Å²) in [5, 5.41) is 3.57. The van der Waals surface area contributed by atoms with Crippen LogP contribution in [0.2, 0.25) is 0 Å². The van der Waals surface area contributed by atoms with Crippen molar-refractivity contribution in [2.24, 2.45) is 0 Å². The summed E-state index contributed by atoms with van der Waals surface area (Å²) in [7, 11) is 0. The average Bonchev–Trinajstić information content (AvgIpc) is 2.55. The van der Waals surface area contributed by atoms with Gasteiger partial charge in [0.15, 0.2) is 0 Å². The van der Waals surface area contributed by atoms with E-state index in [1.807, 2.05) is 24.7 Å². The molecule has 2 heterocycles. The topological polar surface area (TPSA) is 25.8 Å². The molecule has 2 aromatic carbocycles. The molecule has 0 N–H and O–H groups in total. The fourth-order valence-electron chi connectivity index (χ4n) is 2.89. The lowest BCUT2D eigenvalue weighted by Gasteiger charge is -2.10. The minimum absolute atomic E-state index is 1.06. The van der Waals surface area contributed by atoms with E-state index in [2.05, 4.69) is 59.4 Å². The molecule has 0 bridgehead atoms. The van der Waals surface area contributed by atoms with Gasteiger partial charge in [0.2, 0.25) is 0 Å². The molecule has 0 unspecified atom stereocenters. The summed E-state index contributed by atoms with van der Waals surface area (Å²) in [6.45, 7) is 2.13. The lowest BCUT2D eigenvalue weighted by molar-refractivity contribution is 1.36. The molecule has 21 heavy (non-hydrogen) atoms. The van der Waals surface area contributed by atoms with Crippen molar-refractivity contribution in [1.29, 1.82) is 0 Å². The van der Waals surface area contributed by atoms with Crippen LogP contribution in [0.5, 0.6) is 0 Å². The Morgan fingerprint density at radius 2 is 1.71 bits per heavy atom. The zero-order chi connectivity index (χ0) is 14.2. The van der Waals surface area contributed by atoms with Gasteiger partial charge < -0.3 is 0 Å². The molecule has 0 aliphatic heterocycles. The number of pyridine rings is 2. The minimum Gasteiger partial charge on any atom is -0.264 e. The van der Waals surface area contributed by atoms with Gasteiger partial charge in [0.1, 0.15) is 0 Å². The molecule has 100 valence electrons. The number of aryl methyl sites for hydroxylation is 1. The summed E-state index contributed by atoms with van der Waals surface area (Å²) < 4.78 is 0. The fraction of sp³-hybridized carbons (Fsp3) is 0.0526. The van der Waals surface area contributed by atoms with Gasteiger partial charge in [-0.2, -0.15) is 0 Å². The van der Waals surface area contributed by atoms with Crippen LogP contribution >= 0.6 is 0 Å². The predicted octanol–water partition coefficient (Wildman–Crippen LogP) is 4.76. The first-order valence-electron chi connectivity index (χ1n) is 7.02. The van der Waals surface area contributed by atoms with Crippen molar-refractivity contribution in [3.05, 3.63) is 72.7 Å². The second-order valence-electron chi connectivity index (χ2n) is 5.23. The highest BCUT2D eigenvalue weighted by molar-refractivity contribution is 6.04. The Morgan fingerprint density at radius 3 is 2.67 bits per heavy atom. The zero-order valence-electron chi connectivity index (χ0n) is 11.7. The van der Waals surface area contributed by atoms with E-state index in [9.17, 15) is 0 Å². The highest BCUT2D eigenvalue weighted by Gasteiger charge is 2.09. The molecule has 0 radical (unpaired) electrons. The molecule has 0 atom stereocenters. The molecule has 0 aliphatic carbocycles. The largest absolute Gasteiger partial charge is 0.264 e. The Kier molecular flexibility index (Phi) is 2.68. The molecule has 0 spiro atoms. The molecule has 2 heteroatoms. The highest BCUT2D eigenvalue weighted by Crippen LogP contribution is 2.33. The second-order valence-corrected chi connectivity index (χ2v) is 5.23. The first-order valence-corrected chi connectivity index (χ1v) is 7.02. The molecule has 0 saturated heterocycles. The zero-order valence-corrected chi connectivity index (χ0v) is 11.7. The van der Waals surface area contributed by atoms with Crippen LogP contribution in [-0.2, 0) is 0 Å². The molecule has 2 nitrogen and oxygen atoms in total. The van der Waals surface area contributed by atoms with Crippen molar-refractivity contribution in [2.75, 3.05) is 0 Å². The van der Waals surface area contributed by atoms with Crippen LogP contribution in [0.25, 0.3) is 32.8 Å². The maximum atomic E-state index is 4.61. The smallest absolute Gasteiger partial charge is 0.0783 e. The third-order valence-electron chi connectivity index (χ3n) is 3.96. The Balaban J connectivity index is 2.13. The third kappa shape index (κ3) is 1.88. The number of hydrogen-bond acceptors (Lipinski definition) is 2. The summed E-state index contributed by atoms with van der Waals surface area (Å²) in [5.41, 5.74) is 4.69. The second kappa shape index (κ2) is 4.67. The van der Waals surface area contributed by atoms with E-state index < -0.39 is 0 Å². The Morgan fingerprint density at radius 1 is 0.762 bits per heavy atom. The van der Waals surface area contributed by atoms with Gasteiger partial charge in [-0.15, -0.1) is 0 Å². The highest BCUT2D eigenvalue weighted by atomic mass is 14.7. The molecule has 2 aromatic heterocycles. The van der Waals surface area contributed by atoms with Gasteiger partial charge in [-0.1, -0.05) is 36.4 Å². The summed E-state index contributed by atoms with van der Waals surface area (Å²) in [6, 6.07) is 16.9. The van der Waals surface area contributed by atoms with E-state index in [0.29, 0.717) is 0 Å². The van der Waals surface area contributed by atoms with Crippen molar-refractivity contribution in [3.8, 4) is 11.1 Å². The van der Waals surface area contributed by atoms with Crippen molar-refractivity contribution in [1.82, 2.24) is 9.97 Å². The van der Waals surface area contributed by atoms with Crippen molar-refractivity contribution in [3.63, 3.8) is 0 Å². The standard InChI is InChI=1S/C19H14N2/c1-13-7-8-18(19-15(13)6-3-10-21-19)17-5-2-4-14-12-20-11-9-16(14)17/h2-12H,1H3. The van der Waals surface area contributed by atoms with Gasteiger partial charge in [0.25, 0.3) is 0 Å². The number of hydrogen-bond donors (Lipinski definition) is 0. The number of rotatable bonds is 1. The quantitative estimate of drug-likeness (QED) is 0.498. The molecule has 4 aromatic rings. The van der Waals surface area contributed by atoms with E-state index in [1.165, 1.54) is 27.5 Å². The first kappa shape index (κ1) is 12.0. The maximum absolute atomic E-state index is 4.61. The normalized spacial score (nSPS) is 11.1. The molecule has 0 fully saturated rings. The van der Waals surface area contributed by atoms with Crippen molar-refractivity contribution >= 4 is 21.7 Å². The molecule has 0 aliphatic rings. The van der Waals surface area contributed by atoms with Crippen LogP contribution < -0.4 is 0 Å². The van der Waals surface area contributed by atoms with Gasteiger partial charge in [-0.05, 0) is 35.6 Å². The Hall–Kier alpha value is -2.74. The Bertz CT molecular complexity index is 952. The van der Waals surface area contributed by atoms with Gasteiger partial charge in [0, 0.05) is 34.9 Å².